The van der Waals surface area contributed by atoms with Crippen molar-refractivity contribution in [3.63, 3.8) is 0 Å². The van der Waals surface area contributed by atoms with E-state index in [4.69, 9.17) is 0 Å². The summed E-state index contributed by atoms with van der Waals surface area (Å²) in [7, 11) is 0. The second-order valence-electron chi connectivity index (χ2n) is 6.65. The van der Waals surface area contributed by atoms with Crippen molar-refractivity contribution in [1.29, 1.82) is 0 Å². The van der Waals surface area contributed by atoms with E-state index < -0.39 is 28.5 Å². The number of anilines is 1. The number of hydrogen-bond acceptors (Lipinski definition) is 5. The van der Waals surface area contributed by atoms with Crippen LogP contribution >= 0.6 is 0 Å². The highest BCUT2D eigenvalue weighted by Crippen LogP contribution is 2.30. The lowest BCUT2D eigenvalue weighted by Crippen LogP contribution is -2.28. The quantitative estimate of drug-likeness (QED) is 0.420. The Labute approximate surface area is 171 Å². The number of halogens is 1. The second kappa shape index (κ2) is 8.64. The number of hydrogen-bond donors (Lipinski definition) is 1. The molecular formula is C21H18FN3O5. The van der Waals surface area contributed by atoms with Gasteiger partial charge in [-0.3, -0.25) is 14.9 Å². The number of nitro benzene ring substituents is 1. The molecule has 1 unspecified atom stereocenters. The fourth-order valence-electron chi connectivity index (χ4n) is 3.15. The number of carboxylic acid groups (broad SMARTS) is 1. The number of carbonyl (C=O) groups excluding carboxylic acids is 1. The highest BCUT2D eigenvalue weighted by molar-refractivity contribution is 6.16. The second-order valence-corrected chi connectivity index (χ2v) is 6.65. The SMILES string of the molecule is CCC1=NN(c2ccc(F)cc2)C(=O)C1C/C(=C/c1ccc([N+](=O)[O-])cc1)C(=O)O. The lowest BCUT2D eigenvalue weighted by Gasteiger charge is -2.15. The fraction of sp³-hybridized carbons (Fsp3) is 0.190. The third-order valence-corrected chi connectivity index (χ3v) is 4.71. The van der Waals surface area contributed by atoms with Crippen LogP contribution in [0.3, 0.4) is 0 Å². The van der Waals surface area contributed by atoms with E-state index in [9.17, 15) is 29.2 Å². The molecule has 0 saturated carbocycles. The Balaban J connectivity index is 1.86. The van der Waals surface area contributed by atoms with Gasteiger partial charge in [0.05, 0.1) is 22.2 Å². The summed E-state index contributed by atoms with van der Waals surface area (Å²) in [6.45, 7) is 1.81. The van der Waals surface area contributed by atoms with Crippen LogP contribution < -0.4 is 5.01 Å². The van der Waals surface area contributed by atoms with Crippen molar-refractivity contribution in [2.24, 2.45) is 11.0 Å². The first-order valence-corrected chi connectivity index (χ1v) is 9.15. The Hall–Kier alpha value is -3.88. The summed E-state index contributed by atoms with van der Waals surface area (Å²) < 4.78 is 13.2. The van der Waals surface area contributed by atoms with Gasteiger partial charge in [0.1, 0.15) is 5.82 Å². The van der Waals surface area contributed by atoms with E-state index in [1.54, 1.807) is 0 Å². The summed E-state index contributed by atoms with van der Waals surface area (Å²) in [5, 5.41) is 25.8. The number of carbonyl (C=O) groups is 2. The van der Waals surface area contributed by atoms with Crippen molar-refractivity contribution in [3.05, 3.63) is 75.6 Å². The van der Waals surface area contributed by atoms with Gasteiger partial charge in [0.15, 0.2) is 0 Å². The van der Waals surface area contributed by atoms with E-state index in [1.165, 1.54) is 54.6 Å². The summed E-state index contributed by atoms with van der Waals surface area (Å²) in [5.41, 5.74) is 1.26. The van der Waals surface area contributed by atoms with E-state index in [1.807, 2.05) is 6.92 Å². The summed E-state index contributed by atoms with van der Waals surface area (Å²) >= 11 is 0. The van der Waals surface area contributed by atoms with Crippen LogP contribution in [0.4, 0.5) is 15.8 Å². The van der Waals surface area contributed by atoms with Crippen molar-refractivity contribution in [2.45, 2.75) is 19.8 Å². The minimum absolute atomic E-state index is 0.0238. The zero-order valence-electron chi connectivity index (χ0n) is 16.0. The third-order valence-electron chi connectivity index (χ3n) is 4.71. The maximum Gasteiger partial charge on any atom is 0.331 e. The van der Waals surface area contributed by atoms with E-state index in [0.29, 0.717) is 23.4 Å². The third kappa shape index (κ3) is 4.40. The Morgan fingerprint density at radius 1 is 1.23 bits per heavy atom. The van der Waals surface area contributed by atoms with Crippen LogP contribution in [0.25, 0.3) is 6.08 Å². The molecular weight excluding hydrogens is 393 g/mol. The van der Waals surface area contributed by atoms with E-state index in [2.05, 4.69) is 5.10 Å². The lowest BCUT2D eigenvalue weighted by molar-refractivity contribution is -0.384. The topological polar surface area (TPSA) is 113 Å². The average molecular weight is 411 g/mol. The summed E-state index contributed by atoms with van der Waals surface area (Å²) in [6, 6.07) is 10.7. The largest absolute Gasteiger partial charge is 0.478 e. The molecule has 0 radical (unpaired) electrons. The lowest BCUT2D eigenvalue weighted by atomic mass is 9.92. The monoisotopic (exact) mass is 411 g/mol. The van der Waals surface area contributed by atoms with Gasteiger partial charge in [0, 0.05) is 17.7 Å². The maximum absolute atomic E-state index is 13.2. The molecule has 1 heterocycles. The first-order chi connectivity index (χ1) is 14.3. The van der Waals surface area contributed by atoms with E-state index >= 15 is 0 Å². The predicted octanol–water partition coefficient (Wildman–Crippen LogP) is 4.02. The Morgan fingerprint density at radius 2 is 1.87 bits per heavy atom. The van der Waals surface area contributed by atoms with Crippen molar-refractivity contribution < 1.29 is 24.0 Å². The normalized spacial score (nSPS) is 16.5. The Bertz CT molecular complexity index is 1050. The molecule has 1 aliphatic rings. The minimum atomic E-state index is -1.20. The van der Waals surface area contributed by atoms with Gasteiger partial charge in [0.2, 0.25) is 0 Å². The van der Waals surface area contributed by atoms with Gasteiger partial charge in [0.25, 0.3) is 11.6 Å². The van der Waals surface area contributed by atoms with Crippen molar-refractivity contribution in [1.82, 2.24) is 0 Å². The van der Waals surface area contributed by atoms with Gasteiger partial charge in [-0.1, -0.05) is 6.92 Å². The molecule has 2 aromatic carbocycles. The molecule has 0 saturated heterocycles. The predicted molar refractivity (Wildman–Crippen MR) is 108 cm³/mol. The molecule has 1 amide bonds. The van der Waals surface area contributed by atoms with Gasteiger partial charge in [-0.25, -0.2) is 14.2 Å². The number of nitro groups is 1. The van der Waals surface area contributed by atoms with Crippen molar-refractivity contribution in [2.75, 3.05) is 5.01 Å². The fourth-order valence-corrected chi connectivity index (χ4v) is 3.15. The summed E-state index contributed by atoms with van der Waals surface area (Å²) in [5.74, 6) is -2.80. The van der Waals surface area contributed by atoms with Crippen molar-refractivity contribution >= 4 is 35.0 Å². The number of amides is 1. The molecule has 2 aromatic rings. The minimum Gasteiger partial charge on any atom is -0.478 e. The van der Waals surface area contributed by atoms with Gasteiger partial charge in [-0.05, 0) is 60.9 Å². The number of non-ortho nitro benzene ring substituents is 1. The van der Waals surface area contributed by atoms with Crippen molar-refractivity contribution in [3.8, 4) is 0 Å². The summed E-state index contributed by atoms with van der Waals surface area (Å²) in [6.07, 6.45) is 1.74. The van der Waals surface area contributed by atoms with Crippen LogP contribution in [0.5, 0.6) is 0 Å². The Kier molecular flexibility index (Phi) is 6.01. The number of benzene rings is 2. The smallest absolute Gasteiger partial charge is 0.331 e. The van der Waals surface area contributed by atoms with E-state index in [-0.39, 0.29) is 17.7 Å². The molecule has 0 aromatic heterocycles. The van der Waals surface area contributed by atoms with Gasteiger partial charge >= 0.3 is 5.97 Å². The molecule has 0 bridgehead atoms. The first-order valence-electron chi connectivity index (χ1n) is 9.15. The summed E-state index contributed by atoms with van der Waals surface area (Å²) in [4.78, 5) is 34.9. The molecule has 30 heavy (non-hydrogen) atoms. The number of aliphatic carboxylic acids is 1. The molecule has 1 aliphatic heterocycles. The highest BCUT2D eigenvalue weighted by atomic mass is 19.1. The molecule has 1 N–H and O–H groups in total. The molecule has 8 nitrogen and oxygen atoms in total. The van der Waals surface area contributed by atoms with Gasteiger partial charge in [-0.2, -0.15) is 5.10 Å². The standard InChI is InChI=1S/C21H18FN3O5/c1-2-19-18(20(26)24(23-19)16-9-5-15(22)6-10-16)12-14(21(27)28)11-13-3-7-17(8-4-13)25(29)30/h3-11,18H,2,12H2,1H3,(H,27,28)/b14-11-. The zero-order valence-corrected chi connectivity index (χ0v) is 16.0. The van der Waals surface area contributed by atoms with Crippen LogP contribution in [-0.2, 0) is 9.59 Å². The van der Waals surface area contributed by atoms with Gasteiger partial charge < -0.3 is 5.11 Å². The highest BCUT2D eigenvalue weighted by Gasteiger charge is 2.37. The van der Waals surface area contributed by atoms with Gasteiger partial charge in [-0.15, -0.1) is 0 Å². The molecule has 3 rings (SSSR count). The molecule has 0 fully saturated rings. The molecule has 154 valence electrons. The molecule has 0 spiro atoms. The van der Waals surface area contributed by atoms with Crippen LogP contribution in [-0.4, -0.2) is 27.6 Å². The Morgan fingerprint density at radius 3 is 2.40 bits per heavy atom. The maximum atomic E-state index is 13.2. The number of nitrogens with zero attached hydrogens (tertiary/aromatic N) is 3. The van der Waals surface area contributed by atoms with Crippen LogP contribution in [0, 0.1) is 21.8 Å². The van der Waals surface area contributed by atoms with Crippen LogP contribution in [0.15, 0.2) is 59.2 Å². The first kappa shape index (κ1) is 20.8. The number of carboxylic acids is 1. The van der Waals surface area contributed by atoms with Crippen LogP contribution in [0.1, 0.15) is 25.3 Å². The molecule has 0 aliphatic carbocycles. The van der Waals surface area contributed by atoms with E-state index in [0.717, 1.165) is 5.01 Å². The molecule has 9 heteroatoms. The van der Waals surface area contributed by atoms with Crippen LogP contribution in [0.2, 0.25) is 0 Å². The average Bonchev–Trinajstić information content (AvgIpc) is 3.04. The number of hydrazone groups is 1. The zero-order chi connectivity index (χ0) is 21.8. The molecule has 1 atom stereocenters. The number of rotatable bonds is 7.